The van der Waals surface area contributed by atoms with Gasteiger partial charge in [-0.15, -0.1) is 0 Å². The van der Waals surface area contributed by atoms with Crippen LogP contribution in [0.4, 0.5) is 0 Å². The molecule has 5 heteroatoms. The van der Waals surface area contributed by atoms with Gasteiger partial charge in [-0.1, -0.05) is 24.0 Å². The highest BCUT2D eigenvalue weighted by atomic mass is 32.2. The first-order chi connectivity index (χ1) is 6.68. The lowest BCUT2D eigenvalue weighted by molar-refractivity contribution is -0.115. The molecule has 2 heterocycles. The van der Waals surface area contributed by atoms with E-state index >= 15 is 0 Å². The van der Waals surface area contributed by atoms with Gasteiger partial charge < -0.3 is 9.73 Å². The lowest BCUT2D eigenvalue weighted by Crippen LogP contribution is -2.18. The SMILES string of the molecule is C/C(=C1\SC(=S)NC1=O)c1ccco1. The number of thioether (sulfide) groups is 1. The van der Waals surface area contributed by atoms with Crippen molar-refractivity contribution < 1.29 is 9.21 Å². The number of thiocarbonyl (C=S) groups is 1. The van der Waals surface area contributed by atoms with E-state index in [0.29, 0.717) is 15.0 Å². The number of nitrogens with one attached hydrogen (secondary N) is 1. The molecule has 1 fully saturated rings. The van der Waals surface area contributed by atoms with E-state index in [0.717, 1.165) is 5.57 Å². The maximum atomic E-state index is 11.4. The minimum absolute atomic E-state index is 0.145. The third-order valence-corrected chi connectivity index (χ3v) is 3.18. The van der Waals surface area contributed by atoms with Gasteiger partial charge in [-0.2, -0.15) is 0 Å². The number of carbonyl (C=O) groups is 1. The Morgan fingerprint density at radius 3 is 2.93 bits per heavy atom. The fourth-order valence-electron chi connectivity index (χ4n) is 1.16. The van der Waals surface area contributed by atoms with Gasteiger partial charge in [0.1, 0.15) is 10.1 Å². The van der Waals surface area contributed by atoms with Crippen molar-refractivity contribution in [2.45, 2.75) is 6.92 Å². The van der Waals surface area contributed by atoms with E-state index in [4.69, 9.17) is 16.6 Å². The first-order valence-electron chi connectivity index (χ1n) is 3.96. The van der Waals surface area contributed by atoms with E-state index in [-0.39, 0.29) is 5.91 Å². The summed E-state index contributed by atoms with van der Waals surface area (Å²) in [5.41, 5.74) is 0.817. The molecule has 0 unspecified atom stereocenters. The Morgan fingerprint density at radius 1 is 1.64 bits per heavy atom. The Balaban J connectivity index is 2.41. The van der Waals surface area contributed by atoms with Crippen molar-refractivity contribution in [3.05, 3.63) is 29.1 Å². The Hall–Kier alpha value is -1.07. The second-order valence-electron chi connectivity index (χ2n) is 2.78. The zero-order chi connectivity index (χ0) is 10.1. The van der Waals surface area contributed by atoms with Crippen LogP contribution in [0.5, 0.6) is 0 Å². The van der Waals surface area contributed by atoms with Crippen LogP contribution in [0.3, 0.4) is 0 Å². The number of allylic oxidation sites excluding steroid dienone is 1. The van der Waals surface area contributed by atoms with Crippen LogP contribution in [0.1, 0.15) is 12.7 Å². The Morgan fingerprint density at radius 2 is 2.43 bits per heavy atom. The molecular formula is C9H7NO2S2. The second-order valence-corrected chi connectivity index (χ2v) is 4.46. The quantitative estimate of drug-likeness (QED) is 0.587. The number of hydrogen-bond acceptors (Lipinski definition) is 4. The van der Waals surface area contributed by atoms with Crippen LogP contribution in [0.25, 0.3) is 5.57 Å². The van der Waals surface area contributed by atoms with Crippen LogP contribution in [0, 0.1) is 0 Å². The van der Waals surface area contributed by atoms with Gasteiger partial charge in [0.2, 0.25) is 0 Å². The molecule has 72 valence electrons. The zero-order valence-corrected chi connectivity index (χ0v) is 9.00. The molecule has 3 nitrogen and oxygen atoms in total. The molecule has 0 aliphatic carbocycles. The fraction of sp³-hybridized carbons (Fsp3) is 0.111. The van der Waals surface area contributed by atoms with Gasteiger partial charge in [-0.05, 0) is 19.1 Å². The first-order valence-corrected chi connectivity index (χ1v) is 5.19. The van der Waals surface area contributed by atoms with Crippen molar-refractivity contribution in [2.75, 3.05) is 0 Å². The molecule has 1 saturated heterocycles. The third-order valence-electron chi connectivity index (χ3n) is 1.85. The minimum Gasteiger partial charge on any atom is -0.465 e. The van der Waals surface area contributed by atoms with Crippen molar-refractivity contribution in [1.29, 1.82) is 0 Å². The molecule has 1 amide bonds. The predicted octanol–water partition coefficient (Wildman–Crippen LogP) is 2.16. The topological polar surface area (TPSA) is 42.2 Å². The van der Waals surface area contributed by atoms with Gasteiger partial charge in [-0.3, -0.25) is 4.79 Å². The summed E-state index contributed by atoms with van der Waals surface area (Å²) in [7, 11) is 0. The fourth-order valence-corrected chi connectivity index (χ4v) is 2.23. The van der Waals surface area contributed by atoms with Crippen molar-refractivity contribution in [2.24, 2.45) is 0 Å². The monoisotopic (exact) mass is 225 g/mol. The summed E-state index contributed by atoms with van der Waals surface area (Å²) < 4.78 is 5.69. The summed E-state index contributed by atoms with van der Waals surface area (Å²) in [4.78, 5) is 12.0. The van der Waals surface area contributed by atoms with Gasteiger partial charge >= 0.3 is 0 Å². The lowest BCUT2D eigenvalue weighted by Gasteiger charge is -1.97. The summed E-state index contributed by atoms with van der Waals surface area (Å²) in [5, 5.41) is 2.57. The number of furan rings is 1. The summed E-state index contributed by atoms with van der Waals surface area (Å²) in [6, 6.07) is 3.60. The molecule has 1 aromatic rings. The molecule has 0 atom stereocenters. The Kier molecular flexibility index (Phi) is 2.43. The number of rotatable bonds is 1. The number of hydrogen-bond donors (Lipinski definition) is 1. The standard InChI is InChI=1S/C9H7NO2S2/c1-5(6-3-2-4-12-6)7-8(11)10-9(13)14-7/h2-4H,1H3,(H,10,11,13)/b7-5+. The highest BCUT2D eigenvalue weighted by Gasteiger charge is 2.25. The maximum Gasteiger partial charge on any atom is 0.263 e. The van der Waals surface area contributed by atoms with Crippen molar-refractivity contribution in [1.82, 2.24) is 5.32 Å². The highest BCUT2D eigenvalue weighted by molar-refractivity contribution is 8.26. The average molecular weight is 225 g/mol. The largest absolute Gasteiger partial charge is 0.465 e. The van der Waals surface area contributed by atoms with E-state index < -0.39 is 0 Å². The molecule has 0 radical (unpaired) electrons. The minimum atomic E-state index is -0.145. The summed E-state index contributed by atoms with van der Waals surface area (Å²) in [6.45, 7) is 1.84. The van der Waals surface area contributed by atoms with Crippen molar-refractivity contribution >= 4 is 39.8 Å². The lowest BCUT2D eigenvalue weighted by atomic mass is 10.2. The third kappa shape index (κ3) is 1.60. The molecule has 1 aliphatic heterocycles. The van der Waals surface area contributed by atoms with Crippen LogP contribution in [0.15, 0.2) is 27.7 Å². The molecule has 0 saturated carbocycles. The van der Waals surface area contributed by atoms with Gasteiger partial charge in [0.15, 0.2) is 0 Å². The summed E-state index contributed by atoms with van der Waals surface area (Å²) in [6.07, 6.45) is 1.58. The Labute approximate surface area is 90.5 Å². The van der Waals surface area contributed by atoms with E-state index in [9.17, 15) is 4.79 Å². The normalized spacial score (nSPS) is 19.8. The average Bonchev–Trinajstić information content (AvgIpc) is 2.73. The molecule has 2 rings (SSSR count). The zero-order valence-electron chi connectivity index (χ0n) is 7.37. The van der Waals surface area contributed by atoms with Gasteiger partial charge in [0.05, 0.1) is 11.2 Å². The Bertz CT molecular complexity index is 420. The number of amides is 1. The molecule has 1 aromatic heterocycles. The van der Waals surface area contributed by atoms with Gasteiger partial charge in [0.25, 0.3) is 5.91 Å². The van der Waals surface area contributed by atoms with Crippen LogP contribution in [0.2, 0.25) is 0 Å². The first kappa shape index (κ1) is 9.48. The second kappa shape index (κ2) is 3.59. The van der Waals surface area contributed by atoms with E-state index in [2.05, 4.69) is 5.32 Å². The molecule has 1 aliphatic rings. The van der Waals surface area contributed by atoms with Crippen molar-refractivity contribution in [3.8, 4) is 0 Å². The van der Waals surface area contributed by atoms with Crippen LogP contribution < -0.4 is 5.32 Å². The molecule has 1 N–H and O–H groups in total. The maximum absolute atomic E-state index is 11.4. The van der Waals surface area contributed by atoms with E-state index in [1.165, 1.54) is 11.8 Å². The molecule has 0 bridgehead atoms. The van der Waals surface area contributed by atoms with Crippen LogP contribution in [-0.4, -0.2) is 10.2 Å². The molecule has 0 aromatic carbocycles. The molecule has 14 heavy (non-hydrogen) atoms. The summed E-state index contributed by atoms with van der Waals surface area (Å²) >= 11 is 6.16. The smallest absolute Gasteiger partial charge is 0.263 e. The summed E-state index contributed by atoms with van der Waals surface area (Å²) in [5.74, 6) is 0.557. The van der Waals surface area contributed by atoms with Gasteiger partial charge in [0, 0.05) is 5.57 Å². The van der Waals surface area contributed by atoms with E-state index in [1.54, 1.807) is 12.3 Å². The van der Waals surface area contributed by atoms with E-state index in [1.807, 2.05) is 13.0 Å². The predicted molar refractivity (Wildman–Crippen MR) is 59.6 cm³/mol. The van der Waals surface area contributed by atoms with Crippen molar-refractivity contribution in [3.63, 3.8) is 0 Å². The van der Waals surface area contributed by atoms with Crippen LogP contribution >= 0.6 is 24.0 Å². The highest BCUT2D eigenvalue weighted by Crippen LogP contribution is 2.31. The van der Waals surface area contributed by atoms with Gasteiger partial charge in [-0.25, -0.2) is 0 Å². The number of carbonyl (C=O) groups excluding carboxylic acids is 1. The molecular weight excluding hydrogens is 218 g/mol. The van der Waals surface area contributed by atoms with Crippen LogP contribution in [-0.2, 0) is 4.79 Å². The molecule has 0 spiro atoms.